The van der Waals surface area contributed by atoms with E-state index in [-0.39, 0.29) is 17.0 Å². The Balaban J connectivity index is 1.70. The summed E-state index contributed by atoms with van der Waals surface area (Å²) in [6, 6.07) is 12.8. The first kappa shape index (κ1) is 33.0. The van der Waals surface area contributed by atoms with Crippen molar-refractivity contribution in [2.75, 3.05) is 24.5 Å². The number of thioether (sulfide) groups is 1. The zero-order valence-corrected chi connectivity index (χ0v) is 27.9. The molecule has 8 heteroatoms. The average Bonchev–Trinajstić information content (AvgIpc) is 3.28. The Morgan fingerprint density at radius 2 is 1.79 bits per heavy atom. The molecule has 2 aromatic rings. The molecule has 0 saturated carbocycles. The number of thiocarbonyl (C=S) groups is 1. The van der Waals surface area contributed by atoms with Crippen molar-refractivity contribution in [2.45, 2.75) is 92.0 Å². The van der Waals surface area contributed by atoms with Crippen molar-refractivity contribution < 1.29 is 4.79 Å². The molecule has 2 fully saturated rings. The van der Waals surface area contributed by atoms with Crippen molar-refractivity contribution in [3.8, 4) is 6.07 Å². The standard InChI is InChI=1S/C35H46N4O2S2/c1-5-8-13-26(7-3)24-39-34(41)31(43-35(39)42)22-29-25(4)30(23-36)33(40)38(18-9-6-2)32(29)37-19-16-28(17-20-37)21-27-14-11-10-12-15-27/h10-12,14-15,22,26,28H,5-9,13,16-21,24H2,1-4H3/b31-22-. The number of amides is 1. The lowest BCUT2D eigenvalue weighted by molar-refractivity contribution is -0.122. The van der Waals surface area contributed by atoms with Crippen LogP contribution in [-0.4, -0.2) is 39.3 Å². The predicted molar refractivity (Wildman–Crippen MR) is 183 cm³/mol. The summed E-state index contributed by atoms with van der Waals surface area (Å²) in [5.41, 5.74) is 2.72. The number of nitriles is 1. The van der Waals surface area contributed by atoms with Gasteiger partial charge in [-0.25, -0.2) is 0 Å². The molecule has 1 amide bonds. The van der Waals surface area contributed by atoms with Gasteiger partial charge in [0.2, 0.25) is 0 Å². The third-order valence-corrected chi connectivity index (χ3v) is 10.4. The number of unbranched alkanes of at least 4 members (excludes halogenated alkanes) is 2. The van der Waals surface area contributed by atoms with Gasteiger partial charge in [0.05, 0.1) is 4.91 Å². The molecule has 0 spiro atoms. The molecule has 230 valence electrons. The average molecular weight is 619 g/mol. The van der Waals surface area contributed by atoms with Crippen LogP contribution in [0.25, 0.3) is 6.08 Å². The molecule has 2 aliphatic heterocycles. The van der Waals surface area contributed by atoms with Crippen LogP contribution in [0.2, 0.25) is 0 Å². The van der Waals surface area contributed by atoms with E-state index in [2.05, 4.69) is 62.1 Å². The van der Waals surface area contributed by atoms with Crippen LogP contribution in [0.15, 0.2) is 40.0 Å². The number of nitrogens with zero attached hydrogens (tertiary/aromatic N) is 4. The second-order valence-corrected chi connectivity index (χ2v) is 13.7. The maximum Gasteiger partial charge on any atom is 0.270 e. The fraction of sp³-hybridized carbons (Fsp3) is 0.543. The largest absolute Gasteiger partial charge is 0.357 e. The van der Waals surface area contributed by atoms with Gasteiger partial charge < -0.3 is 4.90 Å². The Hall–Kier alpha value is -2.89. The highest BCUT2D eigenvalue weighted by Gasteiger charge is 2.35. The predicted octanol–water partition coefficient (Wildman–Crippen LogP) is 7.71. The smallest absolute Gasteiger partial charge is 0.270 e. The fourth-order valence-electron chi connectivity index (χ4n) is 6.27. The van der Waals surface area contributed by atoms with Gasteiger partial charge in [-0.15, -0.1) is 0 Å². The highest BCUT2D eigenvalue weighted by Crippen LogP contribution is 2.38. The van der Waals surface area contributed by atoms with Crippen molar-refractivity contribution in [2.24, 2.45) is 11.8 Å². The van der Waals surface area contributed by atoms with Crippen LogP contribution in [0.3, 0.4) is 0 Å². The Kier molecular flexibility index (Phi) is 12.1. The molecule has 3 heterocycles. The summed E-state index contributed by atoms with van der Waals surface area (Å²) in [5, 5.41) is 10.0. The van der Waals surface area contributed by atoms with E-state index in [0.717, 1.165) is 82.3 Å². The van der Waals surface area contributed by atoms with Gasteiger partial charge in [0.1, 0.15) is 21.8 Å². The third kappa shape index (κ3) is 7.80. The highest BCUT2D eigenvalue weighted by molar-refractivity contribution is 8.26. The molecule has 0 aliphatic carbocycles. The lowest BCUT2D eigenvalue weighted by Gasteiger charge is -2.36. The SMILES string of the molecule is CCCCC(CC)CN1C(=O)/C(=C/c2c(C)c(C#N)c(=O)n(CCCC)c2N2CCC(Cc3ccccc3)CC2)SC1=S. The van der Waals surface area contributed by atoms with Crippen LogP contribution in [-0.2, 0) is 17.8 Å². The Labute approximate surface area is 267 Å². The van der Waals surface area contributed by atoms with Gasteiger partial charge in [-0.2, -0.15) is 5.26 Å². The summed E-state index contributed by atoms with van der Waals surface area (Å²) in [6.07, 6.45) is 11.1. The molecule has 1 atom stereocenters. The van der Waals surface area contributed by atoms with Crippen LogP contribution >= 0.6 is 24.0 Å². The maximum atomic E-state index is 13.7. The van der Waals surface area contributed by atoms with Crippen molar-refractivity contribution in [3.63, 3.8) is 0 Å². The molecule has 43 heavy (non-hydrogen) atoms. The normalized spacial score (nSPS) is 17.6. The van der Waals surface area contributed by atoms with Crippen molar-refractivity contribution >= 4 is 46.1 Å². The van der Waals surface area contributed by atoms with Gasteiger partial charge >= 0.3 is 0 Å². The Morgan fingerprint density at radius 1 is 1.09 bits per heavy atom. The molecule has 1 aromatic heterocycles. The molecular weight excluding hydrogens is 573 g/mol. The molecule has 1 unspecified atom stereocenters. The second kappa shape index (κ2) is 15.7. The molecular formula is C35H46N4O2S2. The Bertz CT molecular complexity index is 1420. The van der Waals surface area contributed by atoms with Gasteiger partial charge in [0.15, 0.2) is 0 Å². The number of anilines is 1. The van der Waals surface area contributed by atoms with Crippen LogP contribution in [0.1, 0.15) is 94.4 Å². The van der Waals surface area contributed by atoms with E-state index in [0.29, 0.717) is 39.7 Å². The summed E-state index contributed by atoms with van der Waals surface area (Å²) in [7, 11) is 0. The van der Waals surface area contributed by atoms with E-state index in [9.17, 15) is 14.9 Å². The number of hydrogen-bond donors (Lipinski definition) is 0. The van der Waals surface area contributed by atoms with Crippen LogP contribution in [0, 0.1) is 30.1 Å². The maximum absolute atomic E-state index is 13.7. The quantitative estimate of drug-likeness (QED) is 0.169. The summed E-state index contributed by atoms with van der Waals surface area (Å²) in [6.45, 7) is 11.2. The number of aromatic nitrogens is 1. The van der Waals surface area contributed by atoms with Crippen LogP contribution in [0.5, 0.6) is 0 Å². The van der Waals surface area contributed by atoms with E-state index in [4.69, 9.17) is 12.2 Å². The molecule has 0 radical (unpaired) electrons. The van der Waals surface area contributed by atoms with E-state index in [1.165, 1.54) is 17.3 Å². The van der Waals surface area contributed by atoms with Crippen molar-refractivity contribution in [1.82, 2.24) is 9.47 Å². The molecule has 2 saturated heterocycles. The van der Waals surface area contributed by atoms with E-state index in [1.54, 1.807) is 9.47 Å². The summed E-state index contributed by atoms with van der Waals surface area (Å²) in [5.74, 6) is 1.76. The number of benzene rings is 1. The first-order valence-electron chi connectivity index (χ1n) is 16.0. The van der Waals surface area contributed by atoms with Crippen molar-refractivity contribution in [3.05, 3.63) is 67.8 Å². The second-order valence-electron chi connectivity index (χ2n) is 12.0. The van der Waals surface area contributed by atoms with Crippen LogP contribution < -0.4 is 10.5 Å². The van der Waals surface area contributed by atoms with Gasteiger partial charge in [-0.05, 0) is 68.1 Å². The minimum absolute atomic E-state index is 0.0679. The molecule has 4 rings (SSSR count). The zero-order chi connectivity index (χ0) is 30.9. The van der Waals surface area contributed by atoms with Crippen LogP contribution in [0.4, 0.5) is 5.82 Å². The van der Waals surface area contributed by atoms with Gasteiger partial charge in [-0.1, -0.05) is 101 Å². The molecule has 2 aliphatic rings. The lowest BCUT2D eigenvalue weighted by atomic mass is 9.90. The number of carbonyl (C=O) groups excluding carboxylic acids is 1. The van der Waals surface area contributed by atoms with E-state index in [1.807, 2.05) is 13.0 Å². The minimum atomic E-state index is -0.235. The summed E-state index contributed by atoms with van der Waals surface area (Å²) in [4.78, 5) is 32.1. The number of hydrogen-bond acceptors (Lipinski definition) is 6. The number of rotatable bonds is 13. The summed E-state index contributed by atoms with van der Waals surface area (Å²) >= 11 is 7.05. The topological polar surface area (TPSA) is 69.3 Å². The van der Waals surface area contributed by atoms with Gasteiger partial charge in [0, 0.05) is 31.7 Å². The molecule has 0 N–H and O–H groups in total. The first-order valence-corrected chi connectivity index (χ1v) is 17.3. The summed E-state index contributed by atoms with van der Waals surface area (Å²) < 4.78 is 2.39. The molecule has 6 nitrogen and oxygen atoms in total. The lowest BCUT2D eigenvalue weighted by Crippen LogP contribution is -2.40. The Morgan fingerprint density at radius 3 is 2.42 bits per heavy atom. The number of carbonyl (C=O) groups is 1. The number of piperidine rings is 1. The highest BCUT2D eigenvalue weighted by atomic mass is 32.2. The zero-order valence-electron chi connectivity index (χ0n) is 26.2. The third-order valence-electron chi connectivity index (χ3n) is 9.00. The monoisotopic (exact) mass is 618 g/mol. The van der Waals surface area contributed by atoms with Gasteiger partial charge in [0.25, 0.3) is 11.5 Å². The van der Waals surface area contributed by atoms with Gasteiger partial charge in [-0.3, -0.25) is 19.1 Å². The van der Waals surface area contributed by atoms with E-state index >= 15 is 0 Å². The van der Waals surface area contributed by atoms with E-state index < -0.39 is 0 Å². The first-order chi connectivity index (χ1) is 20.8. The fourth-order valence-corrected chi connectivity index (χ4v) is 7.53. The molecule has 0 bridgehead atoms. The number of pyridine rings is 1. The molecule has 1 aromatic carbocycles. The minimum Gasteiger partial charge on any atom is -0.357 e. The van der Waals surface area contributed by atoms with Crippen molar-refractivity contribution in [1.29, 1.82) is 5.26 Å².